The molecule has 0 bridgehead atoms. The highest BCUT2D eigenvalue weighted by Crippen LogP contribution is 2.31. The lowest BCUT2D eigenvalue weighted by Crippen LogP contribution is -2.40. The molecule has 0 spiro atoms. The van der Waals surface area contributed by atoms with Crippen molar-refractivity contribution in [2.24, 2.45) is 0 Å². The van der Waals surface area contributed by atoms with Gasteiger partial charge in [0.25, 0.3) is 5.91 Å². The third kappa shape index (κ3) is 5.72. The summed E-state index contributed by atoms with van der Waals surface area (Å²) in [5.41, 5.74) is 1.17. The van der Waals surface area contributed by atoms with E-state index in [4.69, 9.17) is 4.74 Å². The fraction of sp³-hybridized carbons (Fsp3) is 0.409. The minimum atomic E-state index is -3.76. The SMILES string of the molecule is CCN(CC)c1ccc(S(=O)(=O)N2CCOCC2)cc1NC(=O)c1cccc(S(C)(=O)=O)c1. The van der Waals surface area contributed by atoms with Crippen molar-refractivity contribution in [3.05, 3.63) is 48.0 Å². The number of carbonyl (C=O) groups excluding carboxylic acids is 1. The molecule has 1 fully saturated rings. The van der Waals surface area contributed by atoms with E-state index in [-0.39, 0.29) is 28.4 Å². The Kier molecular flexibility index (Phi) is 7.78. The van der Waals surface area contributed by atoms with Crippen LogP contribution in [0.4, 0.5) is 11.4 Å². The largest absolute Gasteiger partial charge is 0.379 e. The van der Waals surface area contributed by atoms with Gasteiger partial charge in [-0.05, 0) is 50.2 Å². The molecule has 1 saturated heterocycles. The summed E-state index contributed by atoms with van der Waals surface area (Å²) in [5.74, 6) is -0.533. The van der Waals surface area contributed by atoms with Gasteiger partial charge in [0.2, 0.25) is 10.0 Å². The molecule has 2 aromatic rings. The van der Waals surface area contributed by atoms with Gasteiger partial charge in [-0.1, -0.05) is 6.07 Å². The maximum Gasteiger partial charge on any atom is 0.255 e. The van der Waals surface area contributed by atoms with Gasteiger partial charge in [0.15, 0.2) is 9.84 Å². The Morgan fingerprint density at radius 3 is 2.27 bits per heavy atom. The Bertz CT molecular complexity index is 1220. The lowest BCUT2D eigenvalue weighted by atomic mass is 10.2. The zero-order chi connectivity index (χ0) is 24.2. The zero-order valence-electron chi connectivity index (χ0n) is 18.9. The molecule has 1 aliphatic heterocycles. The Hall–Kier alpha value is -2.47. The first-order valence-corrected chi connectivity index (χ1v) is 14.0. The number of benzene rings is 2. The highest BCUT2D eigenvalue weighted by molar-refractivity contribution is 7.90. The molecule has 1 aliphatic rings. The summed E-state index contributed by atoms with van der Waals surface area (Å²) in [7, 11) is -7.25. The second-order valence-corrected chi connectivity index (χ2v) is 11.6. The number of anilines is 2. The van der Waals surface area contributed by atoms with Crippen molar-refractivity contribution in [3.63, 3.8) is 0 Å². The highest BCUT2D eigenvalue weighted by Gasteiger charge is 2.27. The Labute approximate surface area is 195 Å². The lowest BCUT2D eigenvalue weighted by molar-refractivity contribution is 0.0730. The van der Waals surface area contributed by atoms with Gasteiger partial charge in [0, 0.05) is 38.0 Å². The van der Waals surface area contributed by atoms with Crippen LogP contribution in [0.15, 0.2) is 52.3 Å². The quantitative estimate of drug-likeness (QED) is 0.597. The van der Waals surface area contributed by atoms with E-state index in [0.29, 0.717) is 37.7 Å². The first kappa shape index (κ1) is 25.2. The number of carbonyl (C=O) groups is 1. The molecule has 0 unspecified atom stereocenters. The molecule has 2 aromatic carbocycles. The maximum atomic E-state index is 13.1. The summed E-state index contributed by atoms with van der Waals surface area (Å²) >= 11 is 0. The molecular formula is C22H29N3O6S2. The second-order valence-electron chi connectivity index (χ2n) is 7.62. The molecule has 1 heterocycles. The van der Waals surface area contributed by atoms with Crippen molar-refractivity contribution in [2.45, 2.75) is 23.6 Å². The Morgan fingerprint density at radius 2 is 1.67 bits per heavy atom. The topological polar surface area (TPSA) is 113 Å². The first-order chi connectivity index (χ1) is 15.6. The standard InChI is InChI=1S/C22H29N3O6S2/c1-4-24(5-2)21-10-9-19(33(29,30)25-11-13-31-14-12-25)16-20(21)23-22(26)17-7-6-8-18(15-17)32(3,27)28/h6-10,15-16H,4-5,11-14H2,1-3H3,(H,23,26). The predicted molar refractivity (Wildman–Crippen MR) is 127 cm³/mol. The fourth-order valence-electron chi connectivity index (χ4n) is 3.61. The maximum absolute atomic E-state index is 13.1. The number of ether oxygens (including phenoxy) is 1. The number of sulfonamides is 1. The van der Waals surface area contributed by atoms with Gasteiger partial charge in [-0.15, -0.1) is 0 Å². The van der Waals surface area contributed by atoms with E-state index in [9.17, 15) is 21.6 Å². The van der Waals surface area contributed by atoms with Crippen LogP contribution in [-0.2, 0) is 24.6 Å². The molecule has 0 saturated carbocycles. The van der Waals surface area contributed by atoms with Crippen molar-refractivity contribution in [1.29, 1.82) is 0 Å². The number of hydrogen-bond donors (Lipinski definition) is 1. The summed E-state index contributed by atoms with van der Waals surface area (Å²) in [6.45, 7) is 6.41. The van der Waals surface area contributed by atoms with Gasteiger partial charge in [0.05, 0.1) is 34.4 Å². The van der Waals surface area contributed by atoms with Crippen LogP contribution in [0.2, 0.25) is 0 Å². The molecule has 180 valence electrons. The van der Waals surface area contributed by atoms with Gasteiger partial charge in [0.1, 0.15) is 0 Å². The molecule has 11 heteroatoms. The molecule has 33 heavy (non-hydrogen) atoms. The van der Waals surface area contributed by atoms with Gasteiger partial charge < -0.3 is 15.0 Å². The number of sulfone groups is 1. The molecule has 3 rings (SSSR count). The minimum absolute atomic E-state index is 0.0303. The van der Waals surface area contributed by atoms with Crippen LogP contribution in [0.1, 0.15) is 24.2 Å². The number of rotatable bonds is 8. The molecule has 1 amide bonds. The van der Waals surface area contributed by atoms with Gasteiger partial charge in [-0.25, -0.2) is 16.8 Å². The van der Waals surface area contributed by atoms with Gasteiger partial charge in [-0.2, -0.15) is 4.31 Å². The predicted octanol–water partition coefficient (Wildman–Crippen LogP) is 2.21. The summed E-state index contributed by atoms with van der Waals surface area (Å²) in [4.78, 5) is 15.1. The third-order valence-corrected chi connectivity index (χ3v) is 8.46. The molecule has 0 radical (unpaired) electrons. The molecule has 0 aliphatic carbocycles. The normalized spacial score (nSPS) is 15.2. The van der Waals surface area contributed by atoms with Crippen LogP contribution in [0.5, 0.6) is 0 Å². The minimum Gasteiger partial charge on any atom is -0.379 e. The summed E-state index contributed by atoms with van der Waals surface area (Å²) in [6.07, 6.45) is 1.07. The lowest BCUT2D eigenvalue weighted by Gasteiger charge is -2.28. The monoisotopic (exact) mass is 495 g/mol. The van der Waals surface area contributed by atoms with Gasteiger partial charge in [-0.3, -0.25) is 4.79 Å². The van der Waals surface area contributed by atoms with E-state index in [1.54, 1.807) is 12.1 Å². The third-order valence-electron chi connectivity index (χ3n) is 5.45. The summed E-state index contributed by atoms with van der Waals surface area (Å²) < 4.78 is 56.7. The van der Waals surface area contributed by atoms with Crippen LogP contribution in [0, 0.1) is 0 Å². The van der Waals surface area contributed by atoms with E-state index in [2.05, 4.69) is 5.32 Å². The van der Waals surface area contributed by atoms with E-state index >= 15 is 0 Å². The van der Waals surface area contributed by atoms with Crippen molar-refractivity contribution in [3.8, 4) is 0 Å². The van der Waals surface area contributed by atoms with Crippen molar-refractivity contribution >= 4 is 37.1 Å². The van der Waals surface area contributed by atoms with Crippen molar-refractivity contribution < 1.29 is 26.4 Å². The molecule has 0 atom stereocenters. The highest BCUT2D eigenvalue weighted by atomic mass is 32.2. The molecule has 1 N–H and O–H groups in total. The fourth-order valence-corrected chi connectivity index (χ4v) is 5.72. The number of hydrogen-bond acceptors (Lipinski definition) is 7. The molecular weight excluding hydrogens is 466 g/mol. The van der Waals surface area contributed by atoms with Crippen molar-refractivity contribution in [1.82, 2.24) is 4.31 Å². The van der Waals surface area contributed by atoms with Crippen LogP contribution in [0.25, 0.3) is 0 Å². The zero-order valence-corrected chi connectivity index (χ0v) is 20.6. The van der Waals surface area contributed by atoms with E-state index in [1.807, 2.05) is 18.7 Å². The molecule has 0 aromatic heterocycles. The first-order valence-electron chi connectivity index (χ1n) is 10.7. The van der Waals surface area contributed by atoms with E-state index in [1.165, 1.54) is 34.6 Å². The number of nitrogens with zero attached hydrogens (tertiary/aromatic N) is 2. The number of nitrogens with one attached hydrogen (secondary N) is 1. The van der Waals surface area contributed by atoms with E-state index in [0.717, 1.165) is 6.26 Å². The average molecular weight is 496 g/mol. The smallest absolute Gasteiger partial charge is 0.255 e. The number of morpholine rings is 1. The van der Waals surface area contributed by atoms with Crippen LogP contribution in [-0.4, -0.2) is 72.7 Å². The summed E-state index contributed by atoms with van der Waals surface area (Å²) in [6, 6.07) is 10.4. The Balaban J connectivity index is 2.01. The molecule has 9 nitrogen and oxygen atoms in total. The number of amides is 1. The summed E-state index contributed by atoms with van der Waals surface area (Å²) in [5, 5.41) is 2.79. The van der Waals surface area contributed by atoms with Gasteiger partial charge >= 0.3 is 0 Å². The van der Waals surface area contributed by atoms with E-state index < -0.39 is 25.8 Å². The average Bonchev–Trinajstić information content (AvgIpc) is 2.80. The van der Waals surface area contributed by atoms with Crippen molar-refractivity contribution in [2.75, 3.05) is 55.9 Å². The second kappa shape index (κ2) is 10.2. The van der Waals surface area contributed by atoms with Crippen LogP contribution in [0.3, 0.4) is 0 Å². The van der Waals surface area contributed by atoms with Crippen LogP contribution < -0.4 is 10.2 Å². The van der Waals surface area contributed by atoms with Crippen LogP contribution >= 0.6 is 0 Å². The Morgan fingerprint density at radius 1 is 1.00 bits per heavy atom.